The van der Waals surface area contributed by atoms with Crippen LogP contribution in [-0.2, 0) is 9.59 Å². The highest BCUT2D eigenvalue weighted by molar-refractivity contribution is 5.82. The number of carbonyl (C=O) groups excluding carboxylic acids is 1. The molecule has 0 heterocycles. The van der Waals surface area contributed by atoms with Gasteiger partial charge in [0, 0.05) is 6.42 Å². The number of esters is 1. The van der Waals surface area contributed by atoms with Crippen LogP contribution >= 0.6 is 0 Å². The molecule has 0 fully saturated rings. The number of hydrogen-bond acceptors (Lipinski definition) is 5. The summed E-state index contributed by atoms with van der Waals surface area (Å²) in [5.41, 5.74) is 9.20. The van der Waals surface area contributed by atoms with Gasteiger partial charge in [0.15, 0.2) is 5.66 Å². The Labute approximate surface area is 98.2 Å². The van der Waals surface area contributed by atoms with Gasteiger partial charge in [-0.1, -0.05) is 18.2 Å². The van der Waals surface area contributed by atoms with Crippen molar-refractivity contribution >= 4 is 11.9 Å². The minimum atomic E-state index is -1.80. The van der Waals surface area contributed by atoms with Gasteiger partial charge in [0.05, 0.1) is 0 Å². The summed E-state index contributed by atoms with van der Waals surface area (Å²) in [4.78, 5) is 21.9. The summed E-state index contributed by atoms with van der Waals surface area (Å²) >= 11 is 0. The van der Waals surface area contributed by atoms with Crippen molar-refractivity contribution in [2.45, 2.75) is 18.5 Å². The summed E-state index contributed by atoms with van der Waals surface area (Å²) in [7, 11) is 0. The molecule has 6 nitrogen and oxygen atoms in total. The fourth-order valence-electron chi connectivity index (χ4n) is 1.11. The number of benzene rings is 1. The van der Waals surface area contributed by atoms with Crippen LogP contribution in [0.4, 0.5) is 0 Å². The molecule has 17 heavy (non-hydrogen) atoms. The minimum absolute atomic E-state index is 0.187. The Hall–Kier alpha value is -1.92. The molecule has 0 unspecified atom stereocenters. The lowest BCUT2D eigenvalue weighted by atomic mass is 10.1. The highest BCUT2D eigenvalue weighted by Crippen LogP contribution is 2.12. The number of ether oxygens (including phenoxy) is 1. The van der Waals surface area contributed by atoms with E-state index < -0.39 is 17.6 Å². The van der Waals surface area contributed by atoms with Crippen LogP contribution in [0.1, 0.15) is 12.8 Å². The molecule has 0 saturated carbocycles. The molecule has 0 radical (unpaired) electrons. The van der Waals surface area contributed by atoms with Gasteiger partial charge in [-0.05, 0) is 18.6 Å². The predicted molar refractivity (Wildman–Crippen MR) is 60.1 cm³/mol. The summed E-state index contributed by atoms with van der Waals surface area (Å²) in [5, 5.41) is 8.49. The molecule has 0 aliphatic heterocycles. The third-order valence-electron chi connectivity index (χ3n) is 2.09. The lowest BCUT2D eigenvalue weighted by Crippen LogP contribution is -2.58. The SMILES string of the molecule is NC(N)(CCC(=O)O)C(=O)Oc1ccccc1. The van der Waals surface area contributed by atoms with Crippen molar-refractivity contribution in [2.75, 3.05) is 0 Å². The van der Waals surface area contributed by atoms with E-state index in [1.807, 2.05) is 0 Å². The molecule has 0 aromatic heterocycles. The summed E-state index contributed by atoms with van der Waals surface area (Å²) in [6.45, 7) is 0. The lowest BCUT2D eigenvalue weighted by Gasteiger charge is -2.21. The average Bonchev–Trinajstić information content (AvgIpc) is 2.28. The summed E-state index contributed by atoms with van der Waals surface area (Å²) < 4.78 is 4.93. The van der Waals surface area contributed by atoms with E-state index in [-0.39, 0.29) is 12.8 Å². The van der Waals surface area contributed by atoms with Gasteiger partial charge in [-0.2, -0.15) is 0 Å². The summed E-state index contributed by atoms with van der Waals surface area (Å²) in [6, 6.07) is 8.29. The van der Waals surface area contributed by atoms with Crippen molar-refractivity contribution < 1.29 is 19.4 Å². The molecule has 92 valence electrons. The van der Waals surface area contributed by atoms with Crippen LogP contribution in [0.15, 0.2) is 30.3 Å². The number of carboxylic acids is 1. The minimum Gasteiger partial charge on any atom is -0.481 e. The quantitative estimate of drug-likeness (QED) is 0.380. The molecule has 0 atom stereocenters. The van der Waals surface area contributed by atoms with E-state index >= 15 is 0 Å². The van der Waals surface area contributed by atoms with Crippen molar-refractivity contribution in [3.63, 3.8) is 0 Å². The number of para-hydroxylation sites is 1. The topological polar surface area (TPSA) is 116 Å². The molecule has 1 aromatic rings. The predicted octanol–water partition coefficient (Wildman–Crippen LogP) is 0.0705. The second kappa shape index (κ2) is 5.42. The maximum atomic E-state index is 11.6. The first-order valence-corrected chi connectivity index (χ1v) is 4.99. The van der Waals surface area contributed by atoms with Gasteiger partial charge in [-0.15, -0.1) is 0 Å². The van der Waals surface area contributed by atoms with E-state index in [4.69, 9.17) is 21.3 Å². The van der Waals surface area contributed by atoms with E-state index in [0.29, 0.717) is 5.75 Å². The fourth-order valence-corrected chi connectivity index (χ4v) is 1.11. The van der Waals surface area contributed by atoms with E-state index in [0.717, 1.165) is 0 Å². The maximum absolute atomic E-state index is 11.6. The molecule has 0 aliphatic carbocycles. The zero-order valence-electron chi connectivity index (χ0n) is 9.13. The molecule has 0 aliphatic rings. The van der Waals surface area contributed by atoms with Crippen LogP contribution < -0.4 is 16.2 Å². The Morgan fingerprint density at radius 1 is 1.24 bits per heavy atom. The molecule has 1 aromatic carbocycles. The number of carboxylic acid groups (broad SMARTS) is 1. The van der Waals surface area contributed by atoms with Crippen molar-refractivity contribution in [3.8, 4) is 5.75 Å². The van der Waals surface area contributed by atoms with Gasteiger partial charge >= 0.3 is 11.9 Å². The van der Waals surface area contributed by atoms with Crippen molar-refractivity contribution in [1.29, 1.82) is 0 Å². The summed E-state index contributed by atoms with van der Waals surface area (Å²) in [5.74, 6) is -1.61. The van der Waals surface area contributed by atoms with Gasteiger partial charge in [0.1, 0.15) is 5.75 Å². The molecule has 1 rings (SSSR count). The third-order valence-corrected chi connectivity index (χ3v) is 2.09. The zero-order valence-corrected chi connectivity index (χ0v) is 9.13. The van der Waals surface area contributed by atoms with Crippen LogP contribution in [0, 0.1) is 0 Å². The van der Waals surface area contributed by atoms with E-state index in [9.17, 15) is 9.59 Å². The highest BCUT2D eigenvalue weighted by Gasteiger charge is 2.31. The Morgan fingerprint density at radius 2 is 1.82 bits per heavy atom. The first kappa shape index (κ1) is 13.1. The Morgan fingerprint density at radius 3 is 2.35 bits per heavy atom. The molecule has 0 amide bonds. The molecule has 0 spiro atoms. The first-order chi connectivity index (χ1) is 7.92. The van der Waals surface area contributed by atoms with Crippen molar-refractivity contribution in [3.05, 3.63) is 30.3 Å². The second-order valence-electron chi connectivity index (χ2n) is 3.64. The van der Waals surface area contributed by atoms with Gasteiger partial charge in [-0.3, -0.25) is 4.79 Å². The summed E-state index contributed by atoms with van der Waals surface area (Å²) in [6.07, 6.45) is -0.481. The monoisotopic (exact) mass is 238 g/mol. The Bertz CT molecular complexity index is 403. The standard InChI is InChI=1S/C11H14N2O4/c12-11(13,7-6-9(14)15)10(16)17-8-4-2-1-3-5-8/h1-5H,6-7,12-13H2,(H,14,15). The number of hydrogen-bond donors (Lipinski definition) is 3. The molecule has 5 N–H and O–H groups in total. The first-order valence-electron chi connectivity index (χ1n) is 4.99. The van der Waals surface area contributed by atoms with Crippen LogP contribution in [0.25, 0.3) is 0 Å². The molecular formula is C11H14N2O4. The Balaban J connectivity index is 2.60. The lowest BCUT2D eigenvalue weighted by molar-refractivity contribution is -0.142. The zero-order chi connectivity index (χ0) is 12.9. The molecule has 0 saturated heterocycles. The van der Waals surface area contributed by atoms with Crippen LogP contribution in [0.3, 0.4) is 0 Å². The van der Waals surface area contributed by atoms with Crippen LogP contribution in [-0.4, -0.2) is 22.7 Å². The number of nitrogens with two attached hydrogens (primary N) is 2. The van der Waals surface area contributed by atoms with E-state index in [2.05, 4.69) is 0 Å². The van der Waals surface area contributed by atoms with Crippen molar-refractivity contribution in [1.82, 2.24) is 0 Å². The fraction of sp³-hybridized carbons (Fsp3) is 0.273. The number of carbonyl (C=O) groups is 2. The Kier molecular flexibility index (Phi) is 4.19. The van der Waals surface area contributed by atoms with Gasteiger partial charge in [-0.25, -0.2) is 4.79 Å². The average molecular weight is 238 g/mol. The maximum Gasteiger partial charge on any atom is 0.346 e. The van der Waals surface area contributed by atoms with Gasteiger partial charge < -0.3 is 21.3 Å². The largest absolute Gasteiger partial charge is 0.481 e. The molecule has 0 bridgehead atoms. The van der Waals surface area contributed by atoms with E-state index in [1.165, 1.54) is 0 Å². The molecule has 6 heteroatoms. The second-order valence-corrected chi connectivity index (χ2v) is 3.64. The normalized spacial score (nSPS) is 10.9. The van der Waals surface area contributed by atoms with E-state index in [1.54, 1.807) is 30.3 Å². The van der Waals surface area contributed by atoms with Gasteiger partial charge in [0.25, 0.3) is 0 Å². The smallest absolute Gasteiger partial charge is 0.346 e. The number of aliphatic carboxylic acids is 1. The van der Waals surface area contributed by atoms with Crippen LogP contribution in [0.2, 0.25) is 0 Å². The number of rotatable bonds is 5. The van der Waals surface area contributed by atoms with Gasteiger partial charge in [0.2, 0.25) is 0 Å². The van der Waals surface area contributed by atoms with Crippen LogP contribution in [0.5, 0.6) is 5.75 Å². The molecular weight excluding hydrogens is 224 g/mol. The van der Waals surface area contributed by atoms with Crippen molar-refractivity contribution in [2.24, 2.45) is 11.5 Å². The third kappa shape index (κ3) is 4.21. The highest BCUT2D eigenvalue weighted by atomic mass is 16.5.